The van der Waals surface area contributed by atoms with Crippen molar-refractivity contribution in [1.82, 2.24) is 15.1 Å². The van der Waals surface area contributed by atoms with Crippen LogP contribution in [-0.2, 0) is 10.0 Å². The van der Waals surface area contributed by atoms with Crippen molar-refractivity contribution in [3.05, 3.63) is 48.3 Å². The number of nitrogens with one attached hydrogen (secondary N) is 2. The minimum absolute atomic E-state index is 0.181. The topological polar surface area (TPSA) is 95.2 Å². The van der Waals surface area contributed by atoms with Gasteiger partial charge in [0.1, 0.15) is 5.69 Å². The lowest BCUT2D eigenvalue weighted by Gasteiger charge is -2.32. The number of carbonyl (C=O) groups excluding carboxylic acids is 1. The molecule has 0 aliphatic carbocycles. The zero-order valence-electron chi connectivity index (χ0n) is 12.5. The Morgan fingerprint density at radius 2 is 2.04 bits per heavy atom. The van der Waals surface area contributed by atoms with Crippen LogP contribution in [0.15, 0.2) is 42.6 Å². The second kappa shape index (κ2) is 6.41. The van der Waals surface area contributed by atoms with E-state index in [1.807, 2.05) is 6.07 Å². The molecule has 0 saturated carbocycles. The Hall–Kier alpha value is -2.35. The molecule has 1 atom stereocenters. The quantitative estimate of drug-likeness (QED) is 0.885. The van der Waals surface area contributed by atoms with Crippen LogP contribution in [0.1, 0.15) is 23.3 Å². The minimum atomic E-state index is -3.54. The number of hydrogen-bond donors (Lipinski definition) is 2. The molecule has 23 heavy (non-hydrogen) atoms. The largest absolute Gasteiger partial charge is 0.336 e. The van der Waals surface area contributed by atoms with E-state index in [9.17, 15) is 13.2 Å². The Morgan fingerprint density at radius 1 is 1.26 bits per heavy atom. The zero-order chi connectivity index (χ0) is 16.3. The fourth-order valence-corrected chi connectivity index (χ4v) is 4.16. The van der Waals surface area contributed by atoms with Crippen molar-refractivity contribution >= 4 is 21.6 Å². The second-order valence-corrected chi connectivity index (χ2v) is 7.46. The fraction of sp³-hybridized carbons (Fsp3) is 0.333. The molecule has 0 unspecified atom stereocenters. The molecule has 122 valence electrons. The monoisotopic (exact) mass is 334 g/mol. The highest BCUT2D eigenvalue weighted by Gasteiger charge is 2.33. The van der Waals surface area contributed by atoms with Crippen LogP contribution in [0, 0.1) is 0 Å². The molecule has 1 aromatic heterocycles. The maximum Gasteiger partial charge on any atom is 0.271 e. The number of benzene rings is 1. The van der Waals surface area contributed by atoms with Crippen molar-refractivity contribution in [2.75, 3.05) is 17.8 Å². The number of nitrogens with zero attached hydrogens (tertiary/aromatic N) is 2. The molecule has 0 radical (unpaired) electrons. The summed E-state index contributed by atoms with van der Waals surface area (Å²) in [5.74, 6) is -0.220. The molecule has 1 amide bonds. The molecular formula is C15H18N4O3S. The number of piperidine rings is 1. The van der Waals surface area contributed by atoms with E-state index in [-0.39, 0.29) is 12.5 Å². The van der Waals surface area contributed by atoms with Crippen LogP contribution in [0.25, 0.3) is 0 Å². The van der Waals surface area contributed by atoms with Gasteiger partial charge in [-0.1, -0.05) is 18.2 Å². The lowest BCUT2D eigenvalue weighted by atomic mass is 10.1. The lowest BCUT2D eigenvalue weighted by Crippen LogP contribution is -2.46. The van der Waals surface area contributed by atoms with Crippen molar-refractivity contribution in [3.8, 4) is 0 Å². The number of hydrogen-bond acceptors (Lipinski definition) is 4. The Bertz CT molecular complexity index is 759. The van der Waals surface area contributed by atoms with Crippen LogP contribution < -0.4 is 4.72 Å². The summed E-state index contributed by atoms with van der Waals surface area (Å²) in [6.07, 6.45) is 2.69. The molecule has 1 aliphatic heterocycles. The van der Waals surface area contributed by atoms with Gasteiger partial charge < -0.3 is 4.90 Å². The highest BCUT2D eigenvalue weighted by molar-refractivity contribution is 7.93. The van der Waals surface area contributed by atoms with Gasteiger partial charge in [-0.15, -0.1) is 0 Å². The molecule has 1 saturated heterocycles. The number of para-hydroxylation sites is 1. The van der Waals surface area contributed by atoms with Crippen LogP contribution in [0.3, 0.4) is 0 Å². The van der Waals surface area contributed by atoms with Crippen LogP contribution in [0.5, 0.6) is 0 Å². The summed E-state index contributed by atoms with van der Waals surface area (Å²) < 4.78 is 27.7. The molecule has 2 N–H and O–H groups in total. The maximum absolute atomic E-state index is 12.5. The van der Waals surface area contributed by atoms with Gasteiger partial charge in [0.15, 0.2) is 0 Å². The van der Waals surface area contributed by atoms with Crippen molar-refractivity contribution in [2.45, 2.75) is 18.1 Å². The first kappa shape index (κ1) is 15.5. The normalized spacial score (nSPS) is 18.6. The molecule has 7 nitrogen and oxygen atoms in total. The molecule has 3 rings (SSSR count). The second-order valence-electron chi connectivity index (χ2n) is 5.50. The van der Waals surface area contributed by atoms with Gasteiger partial charge in [0.25, 0.3) is 5.91 Å². The zero-order valence-corrected chi connectivity index (χ0v) is 13.3. The van der Waals surface area contributed by atoms with Gasteiger partial charge in [0.2, 0.25) is 10.0 Å². The van der Waals surface area contributed by atoms with Crippen molar-refractivity contribution in [1.29, 1.82) is 0 Å². The molecular weight excluding hydrogens is 316 g/mol. The van der Waals surface area contributed by atoms with E-state index >= 15 is 0 Å². The Balaban J connectivity index is 1.71. The average molecular weight is 334 g/mol. The van der Waals surface area contributed by atoms with Gasteiger partial charge in [-0.2, -0.15) is 5.10 Å². The number of rotatable bonds is 4. The van der Waals surface area contributed by atoms with E-state index in [4.69, 9.17) is 0 Å². The van der Waals surface area contributed by atoms with Crippen molar-refractivity contribution in [2.24, 2.45) is 0 Å². The highest BCUT2D eigenvalue weighted by Crippen LogP contribution is 2.21. The molecule has 8 heteroatoms. The van der Waals surface area contributed by atoms with E-state index in [1.54, 1.807) is 35.2 Å². The lowest BCUT2D eigenvalue weighted by molar-refractivity contribution is 0.0721. The van der Waals surface area contributed by atoms with Gasteiger partial charge in [0.05, 0.1) is 5.25 Å². The van der Waals surface area contributed by atoms with Gasteiger partial charge >= 0.3 is 0 Å². The number of sulfonamides is 1. The van der Waals surface area contributed by atoms with Crippen LogP contribution in [0.2, 0.25) is 0 Å². The van der Waals surface area contributed by atoms with E-state index in [2.05, 4.69) is 14.9 Å². The summed E-state index contributed by atoms with van der Waals surface area (Å²) in [4.78, 5) is 13.9. The Morgan fingerprint density at radius 3 is 2.74 bits per heavy atom. The van der Waals surface area contributed by atoms with Crippen molar-refractivity contribution < 1.29 is 13.2 Å². The predicted molar refractivity (Wildman–Crippen MR) is 86.5 cm³/mol. The number of likely N-dealkylation sites (tertiary alicyclic amines) is 1. The molecule has 2 heterocycles. The predicted octanol–water partition coefficient (Wildman–Crippen LogP) is 1.46. The van der Waals surface area contributed by atoms with Gasteiger partial charge in [0, 0.05) is 25.0 Å². The summed E-state index contributed by atoms with van der Waals surface area (Å²) >= 11 is 0. The molecule has 0 spiro atoms. The Kier molecular flexibility index (Phi) is 4.33. The number of carbonyl (C=O) groups is 1. The number of anilines is 1. The van der Waals surface area contributed by atoms with Gasteiger partial charge in [-0.25, -0.2) is 8.42 Å². The van der Waals surface area contributed by atoms with Crippen LogP contribution in [-0.4, -0.2) is 47.8 Å². The van der Waals surface area contributed by atoms with E-state index in [1.165, 1.54) is 6.20 Å². The van der Waals surface area contributed by atoms with E-state index in [0.29, 0.717) is 30.8 Å². The first-order valence-electron chi connectivity index (χ1n) is 7.41. The first-order valence-corrected chi connectivity index (χ1v) is 8.96. The van der Waals surface area contributed by atoms with Gasteiger partial charge in [-0.05, 0) is 31.0 Å². The van der Waals surface area contributed by atoms with Crippen LogP contribution in [0.4, 0.5) is 5.69 Å². The molecule has 1 aliphatic rings. The molecule has 1 aromatic carbocycles. The molecule has 2 aromatic rings. The third-order valence-electron chi connectivity index (χ3n) is 3.87. The number of aromatic nitrogens is 2. The number of H-pyrrole nitrogens is 1. The average Bonchev–Trinajstić information content (AvgIpc) is 3.09. The maximum atomic E-state index is 12.5. The summed E-state index contributed by atoms with van der Waals surface area (Å²) in [5, 5.41) is 5.76. The van der Waals surface area contributed by atoms with Crippen molar-refractivity contribution in [3.63, 3.8) is 0 Å². The standard InChI is InChI=1S/C15H18N4O3S/c20-15(14-8-9-16-17-14)19-10-4-7-13(11-19)23(21,22)18-12-5-2-1-3-6-12/h1-3,5-6,8-9,13,18H,4,7,10-11H2,(H,16,17)/t13-/m0/s1. The molecule has 0 bridgehead atoms. The third-order valence-corrected chi connectivity index (χ3v) is 5.65. The third kappa shape index (κ3) is 3.53. The van der Waals surface area contributed by atoms with Gasteiger partial charge in [-0.3, -0.25) is 14.6 Å². The number of aromatic amines is 1. The first-order chi connectivity index (χ1) is 11.1. The smallest absolute Gasteiger partial charge is 0.271 e. The minimum Gasteiger partial charge on any atom is -0.336 e. The molecule has 1 fully saturated rings. The number of amides is 1. The fourth-order valence-electron chi connectivity index (χ4n) is 2.68. The van der Waals surface area contributed by atoms with E-state index < -0.39 is 15.3 Å². The summed E-state index contributed by atoms with van der Waals surface area (Å²) in [7, 11) is -3.54. The summed E-state index contributed by atoms with van der Waals surface area (Å²) in [5.41, 5.74) is 0.906. The summed E-state index contributed by atoms with van der Waals surface area (Å²) in [6, 6.07) is 10.4. The summed E-state index contributed by atoms with van der Waals surface area (Å²) in [6.45, 7) is 0.731. The Labute approximate surface area is 134 Å². The van der Waals surface area contributed by atoms with E-state index in [0.717, 1.165) is 0 Å². The SMILES string of the molecule is O=C(c1ccn[nH]1)N1CCC[C@H](S(=O)(=O)Nc2ccccc2)C1. The highest BCUT2D eigenvalue weighted by atomic mass is 32.2. The van der Waals surface area contributed by atoms with Crippen LogP contribution >= 0.6 is 0 Å².